The fourth-order valence-corrected chi connectivity index (χ4v) is 3.17. The average Bonchev–Trinajstić information content (AvgIpc) is 3.07. The fourth-order valence-electron chi connectivity index (χ4n) is 3.17. The summed E-state index contributed by atoms with van der Waals surface area (Å²) in [6, 6.07) is 2.66. The van der Waals surface area contributed by atoms with Gasteiger partial charge in [-0.1, -0.05) is 0 Å². The third kappa shape index (κ3) is 2.67. The Bertz CT molecular complexity index is 382. The second-order valence-electron chi connectivity index (χ2n) is 5.49. The number of nitrogens with zero attached hydrogens (tertiary/aromatic N) is 4. The monoisotopic (exact) mass is 249 g/mol. The smallest absolute Gasteiger partial charge is 0.145 e. The molecule has 1 aromatic rings. The number of nitrogens with two attached hydrogens (primary N) is 1. The van der Waals surface area contributed by atoms with Crippen LogP contribution in [0.1, 0.15) is 19.3 Å². The first kappa shape index (κ1) is 12.0. The lowest BCUT2D eigenvalue weighted by molar-refractivity contribution is 0.228. The molecule has 1 unspecified atom stereocenters. The van der Waals surface area contributed by atoms with E-state index >= 15 is 0 Å². The molecule has 18 heavy (non-hydrogen) atoms. The third-order valence-corrected chi connectivity index (χ3v) is 4.21. The molecule has 2 N–H and O–H groups in total. The Labute approximate surface area is 109 Å². The second-order valence-corrected chi connectivity index (χ2v) is 5.49. The Kier molecular flexibility index (Phi) is 3.52. The second kappa shape index (κ2) is 5.28. The number of anilines is 1. The van der Waals surface area contributed by atoms with Crippen LogP contribution in [0.15, 0.2) is 12.3 Å². The Hall–Kier alpha value is -1.07. The Balaban J connectivity index is 1.44. The zero-order valence-corrected chi connectivity index (χ0v) is 11.0. The van der Waals surface area contributed by atoms with Crippen LogP contribution in [0, 0.1) is 0 Å². The number of hydrogen-bond donors (Lipinski definition) is 1. The van der Waals surface area contributed by atoms with E-state index in [0.717, 1.165) is 19.1 Å². The van der Waals surface area contributed by atoms with Gasteiger partial charge in [-0.15, -0.1) is 0 Å². The lowest BCUT2D eigenvalue weighted by Crippen LogP contribution is -2.36. The van der Waals surface area contributed by atoms with Crippen LogP contribution >= 0.6 is 0 Å². The number of hydrogen-bond acceptors (Lipinski definition) is 4. The van der Waals surface area contributed by atoms with Crippen molar-refractivity contribution in [3.63, 3.8) is 0 Å². The third-order valence-electron chi connectivity index (χ3n) is 4.21. The highest BCUT2D eigenvalue weighted by molar-refractivity contribution is 5.23. The summed E-state index contributed by atoms with van der Waals surface area (Å²) in [4.78, 5) is 5.23. The summed E-state index contributed by atoms with van der Waals surface area (Å²) in [5, 5.41) is 4.23. The minimum atomic E-state index is 0.617. The zero-order valence-electron chi connectivity index (χ0n) is 11.0. The minimum Gasteiger partial charge on any atom is -0.382 e. The molecule has 0 aliphatic carbocycles. The van der Waals surface area contributed by atoms with Crippen molar-refractivity contribution < 1.29 is 0 Å². The summed E-state index contributed by atoms with van der Waals surface area (Å²) in [7, 11) is 0. The van der Waals surface area contributed by atoms with E-state index in [2.05, 4.69) is 14.9 Å². The van der Waals surface area contributed by atoms with Crippen molar-refractivity contribution in [2.75, 3.05) is 38.5 Å². The minimum absolute atomic E-state index is 0.617. The Morgan fingerprint density at radius 1 is 1.22 bits per heavy atom. The van der Waals surface area contributed by atoms with Crippen LogP contribution in [0.4, 0.5) is 5.82 Å². The van der Waals surface area contributed by atoms with Gasteiger partial charge in [-0.3, -0.25) is 14.5 Å². The quantitative estimate of drug-likeness (QED) is 0.850. The van der Waals surface area contributed by atoms with E-state index < -0.39 is 0 Å². The summed E-state index contributed by atoms with van der Waals surface area (Å²) in [6.45, 7) is 7.13. The van der Waals surface area contributed by atoms with E-state index in [1.807, 2.05) is 16.9 Å². The molecule has 5 nitrogen and oxygen atoms in total. The molecule has 2 saturated heterocycles. The molecule has 2 fully saturated rings. The number of likely N-dealkylation sites (tertiary alicyclic amines) is 2. The first-order valence-corrected chi connectivity index (χ1v) is 7.06. The molecule has 2 aliphatic rings. The Morgan fingerprint density at radius 3 is 2.78 bits per heavy atom. The van der Waals surface area contributed by atoms with Gasteiger partial charge in [0.25, 0.3) is 0 Å². The standard InChI is InChI=1S/C13H23N5/c14-13-4-8-18(15-13)10-9-16-7-3-12(11-16)17-5-1-2-6-17/h4,8,12H,1-3,5-7,9-11H2,(H2,14,15). The molecule has 3 rings (SSSR count). The van der Waals surface area contributed by atoms with Gasteiger partial charge in [0.15, 0.2) is 0 Å². The van der Waals surface area contributed by atoms with Crippen molar-refractivity contribution in [2.45, 2.75) is 31.8 Å². The topological polar surface area (TPSA) is 50.3 Å². The average molecular weight is 249 g/mol. The molecule has 1 aromatic heterocycles. The van der Waals surface area contributed by atoms with Crippen LogP contribution in [0.5, 0.6) is 0 Å². The molecule has 0 spiro atoms. The van der Waals surface area contributed by atoms with Crippen LogP contribution < -0.4 is 5.73 Å². The summed E-state index contributed by atoms with van der Waals surface area (Å²) < 4.78 is 1.94. The molecule has 5 heteroatoms. The fraction of sp³-hybridized carbons (Fsp3) is 0.769. The van der Waals surface area contributed by atoms with Crippen LogP contribution in [0.3, 0.4) is 0 Å². The highest BCUT2D eigenvalue weighted by Gasteiger charge is 2.28. The van der Waals surface area contributed by atoms with Crippen LogP contribution in [-0.4, -0.2) is 58.3 Å². The highest BCUT2D eigenvalue weighted by atomic mass is 15.3. The maximum atomic E-state index is 5.61. The van der Waals surface area contributed by atoms with Gasteiger partial charge in [0, 0.05) is 25.3 Å². The molecular formula is C13H23N5. The van der Waals surface area contributed by atoms with Gasteiger partial charge in [0.05, 0.1) is 6.54 Å². The van der Waals surface area contributed by atoms with Crippen LogP contribution in [-0.2, 0) is 6.54 Å². The molecule has 2 aliphatic heterocycles. The maximum absolute atomic E-state index is 5.61. The van der Waals surface area contributed by atoms with Crippen molar-refractivity contribution in [2.24, 2.45) is 0 Å². The number of aromatic nitrogens is 2. The van der Waals surface area contributed by atoms with Gasteiger partial charge in [-0.05, 0) is 45.0 Å². The Morgan fingerprint density at radius 2 is 2.06 bits per heavy atom. The normalized spacial score (nSPS) is 26.1. The largest absolute Gasteiger partial charge is 0.382 e. The van der Waals surface area contributed by atoms with E-state index in [1.165, 1.54) is 45.4 Å². The first-order valence-electron chi connectivity index (χ1n) is 7.06. The van der Waals surface area contributed by atoms with E-state index in [4.69, 9.17) is 5.73 Å². The lowest BCUT2D eigenvalue weighted by Gasteiger charge is -2.23. The molecule has 0 aromatic carbocycles. The number of nitrogen functional groups attached to an aromatic ring is 1. The summed E-state index contributed by atoms with van der Waals surface area (Å²) in [5.41, 5.74) is 5.61. The predicted octanol–water partition coefficient (Wildman–Crippen LogP) is 0.635. The summed E-state index contributed by atoms with van der Waals surface area (Å²) in [5.74, 6) is 0.617. The molecular weight excluding hydrogens is 226 g/mol. The van der Waals surface area contributed by atoms with Crippen molar-refractivity contribution >= 4 is 5.82 Å². The maximum Gasteiger partial charge on any atom is 0.145 e. The van der Waals surface area contributed by atoms with Gasteiger partial charge in [0.2, 0.25) is 0 Å². The van der Waals surface area contributed by atoms with Gasteiger partial charge in [0.1, 0.15) is 5.82 Å². The molecule has 0 radical (unpaired) electrons. The lowest BCUT2D eigenvalue weighted by atomic mass is 10.2. The molecule has 3 heterocycles. The highest BCUT2D eigenvalue weighted by Crippen LogP contribution is 2.20. The van der Waals surface area contributed by atoms with Crippen molar-refractivity contribution in [1.29, 1.82) is 0 Å². The molecule has 0 saturated carbocycles. The predicted molar refractivity (Wildman–Crippen MR) is 72.3 cm³/mol. The van der Waals surface area contributed by atoms with Gasteiger partial charge in [-0.25, -0.2) is 0 Å². The van der Waals surface area contributed by atoms with E-state index in [0.29, 0.717) is 5.82 Å². The van der Waals surface area contributed by atoms with E-state index in [1.54, 1.807) is 0 Å². The van der Waals surface area contributed by atoms with Gasteiger partial charge in [-0.2, -0.15) is 5.10 Å². The van der Waals surface area contributed by atoms with Crippen LogP contribution in [0.25, 0.3) is 0 Å². The summed E-state index contributed by atoms with van der Waals surface area (Å²) in [6.07, 6.45) is 6.08. The molecule has 1 atom stereocenters. The zero-order chi connectivity index (χ0) is 12.4. The molecule has 100 valence electrons. The first-order chi connectivity index (χ1) is 8.81. The van der Waals surface area contributed by atoms with Crippen molar-refractivity contribution in [1.82, 2.24) is 19.6 Å². The number of rotatable bonds is 4. The molecule has 0 bridgehead atoms. The van der Waals surface area contributed by atoms with Crippen molar-refractivity contribution in [3.8, 4) is 0 Å². The SMILES string of the molecule is Nc1ccn(CCN2CCC(N3CCCC3)C2)n1. The molecule has 0 amide bonds. The van der Waals surface area contributed by atoms with Gasteiger partial charge < -0.3 is 5.73 Å². The summed E-state index contributed by atoms with van der Waals surface area (Å²) >= 11 is 0. The van der Waals surface area contributed by atoms with E-state index in [9.17, 15) is 0 Å². The van der Waals surface area contributed by atoms with Crippen molar-refractivity contribution in [3.05, 3.63) is 12.3 Å². The van der Waals surface area contributed by atoms with Crippen LogP contribution in [0.2, 0.25) is 0 Å². The van der Waals surface area contributed by atoms with E-state index in [-0.39, 0.29) is 0 Å². The van der Waals surface area contributed by atoms with Gasteiger partial charge >= 0.3 is 0 Å².